The number of amides is 3. The van der Waals surface area contributed by atoms with Crippen LogP contribution in [-0.4, -0.2) is 51.5 Å². The highest BCUT2D eigenvalue weighted by molar-refractivity contribution is 5.85. The first kappa shape index (κ1) is 20.0. The summed E-state index contributed by atoms with van der Waals surface area (Å²) in [6, 6.07) is 13.8. The number of urea groups is 1. The Morgan fingerprint density at radius 2 is 1.82 bits per heavy atom. The molecule has 0 spiro atoms. The molecule has 1 aliphatic rings. The van der Waals surface area contributed by atoms with Gasteiger partial charge in [-0.1, -0.05) is 30.3 Å². The highest BCUT2D eigenvalue weighted by Gasteiger charge is 2.33. The van der Waals surface area contributed by atoms with Gasteiger partial charge in [0.2, 0.25) is 5.91 Å². The third-order valence-corrected chi connectivity index (χ3v) is 4.95. The molecular formula is C22H30N4O2. The number of likely N-dealkylation sites (N-methyl/N-ethyl adjacent to an activating group) is 1. The van der Waals surface area contributed by atoms with Gasteiger partial charge in [-0.05, 0) is 45.4 Å². The van der Waals surface area contributed by atoms with Gasteiger partial charge in [0.05, 0.1) is 6.04 Å². The number of carbonyl (C=O) groups is 2. The molecule has 28 heavy (non-hydrogen) atoms. The van der Waals surface area contributed by atoms with E-state index in [4.69, 9.17) is 0 Å². The van der Waals surface area contributed by atoms with Crippen LogP contribution in [0.4, 0.5) is 4.79 Å². The summed E-state index contributed by atoms with van der Waals surface area (Å²) in [6.07, 6.45) is 2.06. The predicted molar refractivity (Wildman–Crippen MR) is 110 cm³/mol. The zero-order chi connectivity index (χ0) is 20.3. The van der Waals surface area contributed by atoms with E-state index in [0.717, 1.165) is 17.8 Å². The third kappa shape index (κ3) is 4.38. The Balaban J connectivity index is 1.82. The van der Waals surface area contributed by atoms with E-state index in [1.807, 2.05) is 56.9 Å². The average molecular weight is 383 g/mol. The molecule has 0 aliphatic carbocycles. The Morgan fingerprint density at radius 1 is 1.11 bits per heavy atom. The Labute approximate surface area is 167 Å². The molecule has 0 saturated heterocycles. The van der Waals surface area contributed by atoms with Crippen molar-refractivity contribution >= 4 is 11.9 Å². The van der Waals surface area contributed by atoms with Gasteiger partial charge in [-0.15, -0.1) is 0 Å². The van der Waals surface area contributed by atoms with Crippen LogP contribution >= 0.6 is 0 Å². The zero-order valence-electron chi connectivity index (χ0n) is 17.2. The van der Waals surface area contributed by atoms with Gasteiger partial charge >= 0.3 is 6.03 Å². The average Bonchev–Trinajstić information content (AvgIpc) is 3.13. The molecule has 3 amide bonds. The van der Waals surface area contributed by atoms with Crippen molar-refractivity contribution < 1.29 is 9.59 Å². The van der Waals surface area contributed by atoms with Gasteiger partial charge in [-0.2, -0.15) is 0 Å². The second-order valence-electron chi connectivity index (χ2n) is 8.22. The number of hydrogen-bond acceptors (Lipinski definition) is 2. The molecule has 1 atom stereocenters. The molecule has 2 aromatic rings. The molecule has 2 heterocycles. The maximum atomic E-state index is 13.2. The van der Waals surface area contributed by atoms with Crippen LogP contribution in [0.1, 0.15) is 45.0 Å². The molecule has 1 aromatic carbocycles. The van der Waals surface area contributed by atoms with Crippen LogP contribution in [-0.2, 0) is 11.3 Å². The summed E-state index contributed by atoms with van der Waals surface area (Å²) in [5.74, 6) is -0.0350. The van der Waals surface area contributed by atoms with Gasteiger partial charge < -0.3 is 19.7 Å². The van der Waals surface area contributed by atoms with E-state index in [0.29, 0.717) is 13.1 Å². The fourth-order valence-electron chi connectivity index (χ4n) is 3.62. The number of aromatic nitrogens is 1. The van der Waals surface area contributed by atoms with Crippen molar-refractivity contribution in [2.75, 3.05) is 19.6 Å². The van der Waals surface area contributed by atoms with Gasteiger partial charge in [-0.25, -0.2) is 4.79 Å². The summed E-state index contributed by atoms with van der Waals surface area (Å²) < 4.78 is 2.20. The number of rotatable bonds is 4. The van der Waals surface area contributed by atoms with E-state index in [2.05, 4.69) is 34.3 Å². The predicted octanol–water partition coefficient (Wildman–Crippen LogP) is 3.25. The first-order valence-corrected chi connectivity index (χ1v) is 9.86. The topological polar surface area (TPSA) is 57.6 Å². The van der Waals surface area contributed by atoms with Crippen LogP contribution in [0.3, 0.4) is 0 Å². The van der Waals surface area contributed by atoms with Gasteiger partial charge in [-0.3, -0.25) is 4.79 Å². The number of nitrogens with zero attached hydrogens (tertiary/aromatic N) is 3. The smallest absolute Gasteiger partial charge is 0.318 e. The molecule has 3 rings (SSSR count). The lowest BCUT2D eigenvalue weighted by Crippen LogP contribution is -2.52. The Hall–Kier alpha value is -2.76. The highest BCUT2D eigenvalue weighted by Crippen LogP contribution is 2.32. The minimum Gasteiger partial charge on any atom is -0.348 e. The third-order valence-electron chi connectivity index (χ3n) is 4.95. The van der Waals surface area contributed by atoms with Gasteiger partial charge in [0.1, 0.15) is 6.54 Å². The quantitative estimate of drug-likeness (QED) is 0.882. The molecule has 0 saturated carbocycles. The normalized spacial score (nSPS) is 16.4. The van der Waals surface area contributed by atoms with Crippen molar-refractivity contribution in [2.45, 2.75) is 45.8 Å². The molecule has 0 radical (unpaired) electrons. The molecule has 1 aliphatic heterocycles. The van der Waals surface area contributed by atoms with Crippen LogP contribution in [0.15, 0.2) is 48.7 Å². The van der Waals surface area contributed by atoms with E-state index in [1.54, 1.807) is 4.90 Å². The van der Waals surface area contributed by atoms with Crippen molar-refractivity contribution in [3.63, 3.8) is 0 Å². The standard InChI is InChI=1S/C22H30N4O2/c1-5-24(21(28)23-22(2,3)4)16-19(27)26-15-14-25-13-9-12-18(25)20(26)17-10-7-6-8-11-17/h6-13,20H,5,14-16H2,1-4H3,(H,23,28)/t20-/m0/s1. The molecule has 0 unspecified atom stereocenters. The van der Waals surface area contributed by atoms with Crippen LogP contribution in [0, 0.1) is 0 Å². The van der Waals surface area contributed by atoms with Gasteiger partial charge in [0, 0.05) is 37.1 Å². The van der Waals surface area contributed by atoms with Gasteiger partial charge in [0.25, 0.3) is 0 Å². The second kappa shape index (κ2) is 8.09. The number of hydrogen-bond donors (Lipinski definition) is 1. The maximum Gasteiger partial charge on any atom is 0.318 e. The first-order valence-electron chi connectivity index (χ1n) is 9.86. The molecule has 0 bridgehead atoms. The Bertz CT molecular complexity index is 823. The summed E-state index contributed by atoms with van der Waals surface area (Å²) in [4.78, 5) is 29.3. The lowest BCUT2D eigenvalue weighted by Gasteiger charge is -2.38. The SMILES string of the molecule is CCN(CC(=O)N1CCn2cccc2[C@@H]1c1ccccc1)C(=O)NC(C)(C)C. The molecular weight excluding hydrogens is 352 g/mol. The summed E-state index contributed by atoms with van der Waals surface area (Å²) in [7, 11) is 0. The molecule has 6 nitrogen and oxygen atoms in total. The van der Waals surface area contributed by atoms with Crippen LogP contribution < -0.4 is 5.32 Å². The number of nitrogens with one attached hydrogen (secondary N) is 1. The molecule has 150 valence electrons. The number of benzene rings is 1. The fourth-order valence-corrected chi connectivity index (χ4v) is 3.62. The molecule has 1 N–H and O–H groups in total. The van der Waals surface area contributed by atoms with E-state index in [1.165, 1.54) is 0 Å². The van der Waals surface area contributed by atoms with Crippen molar-refractivity contribution in [2.24, 2.45) is 0 Å². The summed E-state index contributed by atoms with van der Waals surface area (Å²) in [5, 5.41) is 2.94. The summed E-state index contributed by atoms with van der Waals surface area (Å²) in [6.45, 7) is 9.64. The monoisotopic (exact) mass is 382 g/mol. The molecule has 0 fully saturated rings. The first-order chi connectivity index (χ1) is 13.3. The van der Waals surface area contributed by atoms with Crippen molar-refractivity contribution in [3.8, 4) is 0 Å². The minimum absolute atomic E-state index is 0.0350. The van der Waals surface area contributed by atoms with Crippen LogP contribution in [0.5, 0.6) is 0 Å². The minimum atomic E-state index is -0.341. The van der Waals surface area contributed by atoms with E-state index >= 15 is 0 Å². The summed E-state index contributed by atoms with van der Waals surface area (Å²) in [5.41, 5.74) is 1.84. The lowest BCUT2D eigenvalue weighted by molar-refractivity contribution is -0.134. The summed E-state index contributed by atoms with van der Waals surface area (Å²) >= 11 is 0. The molecule has 6 heteroatoms. The fraction of sp³-hybridized carbons (Fsp3) is 0.455. The van der Waals surface area contributed by atoms with E-state index in [-0.39, 0.29) is 30.1 Å². The van der Waals surface area contributed by atoms with E-state index in [9.17, 15) is 9.59 Å². The van der Waals surface area contributed by atoms with Crippen molar-refractivity contribution in [1.82, 2.24) is 19.7 Å². The Kier molecular flexibility index (Phi) is 5.77. The zero-order valence-corrected chi connectivity index (χ0v) is 17.2. The van der Waals surface area contributed by atoms with Crippen LogP contribution in [0.2, 0.25) is 0 Å². The highest BCUT2D eigenvalue weighted by atomic mass is 16.2. The lowest BCUT2D eigenvalue weighted by atomic mass is 10.00. The maximum absolute atomic E-state index is 13.2. The van der Waals surface area contributed by atoms with Crippen molar-refractivity contribution in [1.29, 1.82) is 0 Å². The van der Waals surface area contributed by atoms with Gasteiger partial charge in [0.15, 0.2) is 0 Å². The largest absolute Gasteiger partial charge is 0.348 e. The van der Waals surface area contributed by atoms with Crippen molar-refractivity contribution in [3.05, 3.63) is 59.9 Å². The molecule has 1 aromatic heterocycles. The number of fused-ring (bicyclic) bond motifs is 1. The Morgan fingerprint density at radius 3 is 2.46 bits per heavy atom. The van der Waals surface area contributed by atoms with Crippen LogP contribution in [0.25, 0.3) is 0 Å². The van der Waals surface area contributed by atoms with E-state index < -0.39 is 0 Å². The number of carbonyl (C=O) groups excluding carboxylic acids is 2. The second-order valence-corrected chi connectivity index (χ2v) is 8.22.